The number of nitrogens with one attached hydrogen (secondary N) is 1. The van der Waals surface area contributed by atoms with Crippen LogP contribution in [-0.4, -0.2) is 12.6 Å². The molecule has 0 aliphatic heterocycles. The third kappa shape index (κ3) is 4.77. The van der Waals surface area contributed by atoms with Crippen LogP contribution in [0.3, 0.4) is 0 Å². The lowest BCUT2D eigenvalue weighted by atomic mass is 10.1. The Morgan fingerprint density at radius 3 is 2.67 bits per heavy atom. The largest absolute Gasteiger partial charge is 0.302 e. The van der Waals surface area contributed by atoms with Crippen molar-refractivity contribution in [2.75, 3.05) is 6.54 Å². The summed E-state index contributed by atoms with van der Waals surface area (Å²) in [4.78, 5) is 0. The van der Waals surface area contributed by atoms with Crippen molar-refractivity contribution < 1.29 is 0 Å². The lowest BCUT2D eigenvalue weighted by molar-refractivity contribution is 0.524. The van der Waals surface area contributed by atoms with Gasteiger partial charge in [-0.3, -0.25) is 0 Å². The van der Waals surface area contributed by atoms with Gasteiger partial charge in [0.2, 0.25) is 0 Å². The standard InChI is InChI=1S/C10H16N2/c1-4-6-10(5-2)12-8-9(3)7-11/h2,9-10,12H,4,6,8H2,1,3H3. The normalized spacial score (nSPS) is 14.3. The van der Waals surface area contributed by atoms with Crippen LogP contribution < -0.4 is 5.32 Å². The molecule has 0 radical (unpaired) electrons. The number of hydrogen-bond donors (Lipinski definition) is 1. The Morgan fingerprint density at radius 1 is 1.58 bits per heavy atom. The van der Waals surface area contributed by atoms with Crippen molar-refractivity contribution in [2.45, 2.75) is 32.7 Å². The summed E-state index contributed by atoms with van der Waals surface area (Å²) in [5.41, 5.74) is 0. The molecule has 0 saturated carbocycles. The lowest BCUT2D eigenvalue weighted by Crippen LogP contribution is -2.31. The number of nitrogens with zero attached hydrogens (tertiary/aromatic N) is 1. The fourth-order valence-corrected chi connectivity index (χ4v) is 0.898. The van der Waals surface area contributed by atoms with Crippen LogP contribution in [0.4, 0.5) is 0 Å². The van der Waals surface area contributed by atoms with Gasteiger partial charge in [-0.05, 0) is 13.3 Å². The Labute approximate surface area is 75.0 Å². The van der Waals surface area contributed by atoms with E-state index in [0.29, 0.717) is 6.54 Å². The highest BCUT2D eigenvalue weighted by molar-refractivity contribution is 4.99. The number of nitriles is 1. The molecule has 66 valence electrons. The predicted molar refractivity (Wildman–Crippen MR) is 50.3 cm³/mol. The number of terminal acetylenes is 1. The summed E-state index contributed by atoms with van der Waals surface area (Å²) >= 11 is 0. The van der Waals surface area contributed by atoms with Crippen LogP contribution in [-0.2, 0) is 0 Å². The van der Waals surface area contributed by atoms with E-state index in [1.807, 2.05) is 6.92 Å². The average Bonchev–Trinajstić information content (AvgIpc) is 2.11. The van der Waals surface area contributed by atoms with Gasteiger partial charge < -0.3 is 5.32 Å². The van der Waals surface area contributed by atoms with E-state index in [4.69, 9.17) is 11.7 Å². The molecule has 0 heterocycles. The van der Waals surface area contributed by atoms with Gasteiger partial charge in [0.1, 0.15) is 0 Å². The first kappa shape index (κ1) is 11.0. The summed E-state index contributed by atoms with van der Waals surface area (Å²) in [6.07, 6.45) is 7.34. The van der Waals surface area contributed by atoms with Gasteiger partial charge in [-0.1, -0.05) is 19.3 Å². The van der Waals surface area contributed by atoms with Crippen molar-refractivity contribution in [3.05, 3.63) is 0 Å². The summed E-state index contributed by atoms with van der Waals surface area (Å²) in [5.74, 6) is 2.70. The molecule has 0 bridgehead atoms. The molecular weight excluding hydrogens is 148 g/mol. The molecule has 0 fully saturated rings. The van der Waals surface area contributed by atoms with Gasteiger partial charge in [-0.15, -0.1) is 6.42 Å². The molecule has 0 rings (SSSR count). The number of hydrogen-bond acceptors (Lipinski definition) is 2. The SMILES string of the molecule is C#CC(CCC)NCC(C)C#N. The van der Waals surface area contributed by atoms with E-state index >= 15 is 0 Å². The van der Waals surface area contributed by atoms with Gasteiger partial charge in [0.05, 0.1) is 18.0 Å². The van der Waals surface area contributed by atoms with Gasteiger partial charge in [-0.25, -0.2) is 0 Å². The van der Waals surface area contributed by atoms with E-state index in [1.165, 1.54) is 0 Å². The number of rotatable bonds is 5. The maximum atomic E-state index is 8.51. The molecule has 1 N–H and O–H groups in total. The molecular formula is C10H16N2. The minimum absolute atomic E-state index is 0.0395. The van der Waals surface area contributed by atoms with Crippen LogP contribution in [0.15, 0.2) is 0 Å². The van der Waals surface area contributed by atoms with E-state index in [1.54, 1.807) is 0 Å². The van der Waals surface area contributed by atoms with E-state index < -0.39 is 0 Å². The molecule has 2 heteroatoms. The minimum Gasteiger partial charge on any atom is -0.302 e. The van der Waals surface area contributed by atoms with E-state index in [2.05, 4.69) is 24.2 Å². The Balaban J connectivity index is 3.61. The van der Waals surface area contributed by atoms with Gasteiger partial charge >= 0.3 is 0 Å². The maximum absolute atomic E-state index is 8.51. The smallest absolute Gasteiger partial charge is 0.0687 e. The van der Waals surface area contributed by atoms with Crippen molar-refractivity contribution in [1.82, 2.24) is 5.32 Å². The molecule has 12 heavy (non-hydrogen) atoms. The highest BCUT2D eigenvalue weighted by atomic mass is 14.9. The van der Waals surface area contributed by atoms with Crippen molar-refractivity contribution >= 4 is 0 Å². The van der Waals surface area contributed by atoms with Crippen molar-refractivity contribution in [1.29, 1.82) is 5.26 Å². The predicted octanol–water partition coefficient (Wildman–Crippen LogP) is 1.54. The van der Waals surface area contributed by atoms with Crippen LogP contribution in [0.5, 0.6) is 0 Å². The van der Waals surface area contributed by atoms with Gasteiger partial charge in [-0.2, -0.15) is 5.26 Å². The molecule has 0 amide bonds. The van der Waals surface area contributed by atoms with Crippen LogP contribution in [0.1, 0.15) is 26.7 Å². The summed E-state index contributed by atoms with van der Waals surface area (Å²) in [6, 6.07) is 2.29. The molecule has 2 nitrogen and oxygen atoms in total. The second-order valence-electron chi connectivity index (χ2n) is 2.95. The maximum Gasteiger partial charge on any atom is 0.0687 e. The first-order chi connectivity index (χ1) is 5.74. The molecule has 0 aromatic heterocycles. The summed E-state index contributed by atoms with van der Waals surface area (Å²) in [6.45, 7) is 4.66. The monoisotopic (exact) mass is 164 g/mol. The molecule has 0 aliphatic rings. The van der Waals surface area contributed by atoms with Crippen LogP contribution in [0.25, 0.3) is 0 Å². The quantitative estimate of drug-likeness (QED) is 0.626. The second-order valence-corrected chi connectivity index (χ2v) is 2.95. The highest BCUT2D eigenvalue weighted by Gasteiger charge is 2.04. The molecule has 2 atom stereocenters. The third-order valence-electron chi connectivity index (χ3n) is 1.67. The summed E-state index contributed by atoms with van der Waals surface area (Å²) < 4.78 is 0. The van der Waals surface area contributed by atoms with E-state index in [0.717, 1.165) is 12.8 Å². The Morgan fingerprint density at radius 2 is 2.25 bits per heavy atom. The van der Waals surface area contributed by atoms with Gasteiger partial charge in [0.15, 0.2) is 0 Å². The summed E-state index contributed by atoms with van der Waals surface area (Å²) in [5, 5.41) is 11.7. The topological polar surface area (TPSA) is 35.8 Å². The lowest BCUT2D eigenvalue weighted by Gasteiger charge is -2.12. The van der Waals surface area contributed by atoms with E-state index in [9.17, 15) is 0 Å². The van der Waals surface area contributed by atoms with Crippen molar-refractivity contribution in [3.8, 4) is 18.4 Å². The molecule has 0 aromatic rings. The van der Waals surface area contributed by atoms with Crippen molar-refractivity contribution in [2.24, 2.45) is 5.92 Å². The van der Waals surface area contributed by atoms with Crippen LogP contribution in [0.2, 0.25) is 0 Å². The average molecular weight is 164 g/mol. The molecule has 0 saturated heterocycles. The fourth-order valence-electron chi connectivity index (χ4n) is 0.898. The first-order valence-electron chi connectivity index (χ1n) is 4.33. The first-order valence-corrected chi connectivity index (χ1v) is 4.33. The molecule has 0 aliphatic carbocycles. The zero-order valence-electron chi connectivity index (χ0n) is 7.80. The Kier molecular flexibility index (Phi) is 6.15. The Hall–Kier alpha value is -0.990. The van der Waals surface area contributed by atoms with Crippen LogP contribution in [0, 0.1) is 29.6 Å². The highest BCUT2D eigenvalue weighted by Crippen LogP contribution is 1.96. The summed E-state index contributed by atoms with van der Waals surface area (Å²) in [7, 11) is 0. The van der Waals surface area contributed by atoms with Gasteiger partial charge in [0, 0.05) is 6.54 Å². The molecule has 2 unspecified atom stereocenters. The van der Waals surface area contributed by atoms with Crippen molar-refractivity contribution in [3.63, 3.8) is 0 Å². The fraction of sp³-hybridized carbons (Fsp3) is 0.700. The zero-order valence-corrected chi connectivity index (χ0v) is 7.80. The van der Waals surface area contributed by atoms with E-state index in [-0.39, 0.29) is 12.0 Å². The second kappa shape index (κ2) is 6.70. The third-order valence-corrected chi connectivity index (χ3v) is 1.67. The van der Waals surface area contributed by atoms with Gasteiger partial charge in [0.25, 0.3) is 0 Å². The molecule has 0 spiro atoms. The minimum atomic E-state index is 0.0395. The molecule has 0 aromatic carbocycles. The zero-order chi connectivity index (χ0) is 9.40. The Bertz CT molecular complexity index is 185. The van der Waals surface area contributed by atoms with Crippen LogP contribution >= 0.6 is 0 Å².